The van der Waals surface area contributed by atoms with E-state index in [0.717, 1.165) is 35.6 Å². The summed E-state index contributed by atoms with van der Waals surface area (Å²) in [5, 5.41) is 0. The maximum absolute atomic E-state index is 11.5. The molecule has 0 fully saturated rings. The molecule has 0 aliphatic rings. The van der Waals surface area contributed by atoms with Crippen LogP contribution in [0.4, 0.5) is 5.82 Å². The average molecular weight is 376 g/mol. The Hall–Kier alpha value is -2.67. The number of anilines is 1. The SMILES string of the molecule is CCN(CC)c1ncnc2c1ncn2Cc1ccc(C(=O)OC)cc1.Cl. The quantitative estimate of drug-likeness (QED) is 0.617. The monoisotopic (exact) mass is 375 g/mol. The third kappa shape index (κ3) is 3.77. The van der Waals surface area contributed by atoms with Crippen LogP contribution < -0.4 is 4.90 Å². The number of ether oxygens (including phenoxy) is 1. The zero-order valence-electron chi connectivity index (χ0n) is 15.0. The van der Waals surface area contributed by atoms with Gasteiger partial charge in [-0.25, -0.2) is 19.7 Å². The standard InChI is InChI=1S/C18H21N5O2.ClH/c1-4-22(5-2)16-15-17(20-11-19-16)23(12-21-15)10-13-6-8-14(9-7-13)18(24)25-3;/h6-9,11-12H,4-5,10H2,1-3H3;1H. The molecule has 138 valence electrons. The van der Waals surface area contributed by atoms with E-state index in [2.05, 4.69) is 33.7 Å². The van der Waals surface area contributed by atoms with Gasteiger partial charge in [0, 0.05) is 13.1 Å². The molecule has 3 rings (SSSR count). The van der Waals surface area contributed by atoms with E-state index in [9.17, 15) is 4.79 Å². The smallest absolute Gasteiger partial charge is 0.337 e. The van der Waals surface area contributed by atoms with E-state index >= 15 is 0 Å². The van der Waals surface area contributed by atoms with E-state index in [1.165, 1.54) is 7.11 Å². The van der Waals surface area contributed by atoms with Gasteiger partial charge in [-0.2, -0.15) is 0 Å². The van der Waals surface area contributed by atoms with Gasteiger partial charge in [0.25, 0.3) is 0 Å². The Bertz CT molecular complexity index is 875. The molecule has 0 amide bonds. The van der Waals surface area contributed by atoms with Gasteiger partial charge in [-0.05, 0) is 31.5 Å². The predicted molar refractivity (Wildman–Crippen MR) is 103 cm³/mol. The number of carbonyl (C=O) groups is 1. The van der Waals surface area contributed by atoms with Gasteiger partial charge in [0.05, 0.1) is 25.5 Å². The van der Waals surface area contributed by atoms with E-state index in [-0.39, 0.29) is 18.4 Å². The minimum absolute atomic E-state index is 0. The predicted octanol–water partition coefficient (Wildman–Crippen LogP) is 2.93. The highest BCUT2D eigenvalue weighted by Crippen LogP contribution is 2.22. The minimum atomic E-state index is -0.337. The lowest BCUT2D eigenvalue weighted by Crippen LogP contribution is -2.23. The first-order valence-electron chi connectivity index (χ1n) is 8.26. The Morgan fingerprint density at radius 1 is 1.12 bits per heavy atom. The largest absolute Gasteiger partial charge is 0.465 e. The van der Waals surface area contributed by atoms with Gasteiger partial charge in [-0.15, -0.1) is 12.4 Å². The van der Waals surface area contributed by atoms with Crippen molar-refractivity contribution in [1.82, 2.24) is 19.5 Å². The molecule has 0 aliphatic carbocycles. The number of methoxy groups -OCH3 is 1. The van der Waals surface area contributed by atoms with Crippen molar-refractivity contribution in [1.29, 1.82) is 0 Å². The second-order valence-corrected chi connectivity index (χ2v) is 5.60. The minimum Gasteiger partial charge on any atom is -0.465 e. The fraction of sp³-hybridized carbons (Fsp3) is 0.333. The molecule has 2 aromatic heterocycles. The van der Waals surface area contributed by atoms with Crippen molar-refractivity contribution in [3.8, 4) is 0 Å². The van der Waals surface area contributed by atoms with Gasteiger partial charge in [0.15, 0.2) is 17.0 Å². The number of carbonyl (C=O) groups excluding carboxylic acids is 1. The number of nitrogens with zero attached hydrogens (tertiary/aromatic N) is 5. The second kappa shape index (κ2) is 8.62. The summed E-state index contributed by atoms with van der Waals surface area (Å²) < 4.78 is 6.70. The van der Waals surface area contributed by atoms with Crippen molar-refractivity contribution in [3.05, 3.63) is 48.0 Å². The van der Waals surface area contributed by atoms with Crippen LogP contribution in [-0.4, -0.2) is 45.7 Å². The zero-order chi connectivity index (χ0) is 17.8. The lowest BCUT2D eigenvalue weighted by Gasteiger charge is -2.19. The van der Waals surface area contributed by atoms with Gasteiger partial charge in [-0.1, -0.05) is 12.1 Å². The molecule has 0 saturated heterocycles. The topological polar surface area (TPSA) is 73.1 Å². The summed E-state index contributed by atoms with van der Waals surface area (Å²) in [6.45, 7) is 6.54. The summed E-state index contributed by atoms with van der Waals surface area (Å²) >= 11 is 0. The molecule has 0 atom stereocenters. The van der Waals surface area contributed by atoms with Crippen LogP contribution in [0.2, 0.25) is 0 Å². The first-order valence-corrected chi connectivity index (χ1v) is 8.26. The number of fused-ring (bicyclic) bond motifs is 1. The summed E-state index contributed by atoms with van der Waals surface area (Å²) in [5.74, 6) is 0.519. The van der Waals surface area contributed by atoms with E-state index in [4.69, 9.17) is 4.74 Å². The molecular formula is C18H22ClN5O2. The number of halogens is 1. The van der Waals surface area contributed by atoms with Crippen LogP contribution in [0.15, 0.2) is 36.9 Å². The molecule has 2 heterocycles. The molecule has 0 radical (unpaired) electrons. The van der Waals surface area contributed by atoms with Gasteiger partial charge in [0.1, 0.15) is 6.33 Å². The molecule has 0 saturated carbocycles. The van der Waals surface area contributed by atoms with Crippen LogP contribution in [0.1, 0.15) is 29.8 Å². The number of benzene rings is 1. The van der Waals surface area contributed by atoms with E-state index in [1.54, 1.807) is 24.8 Å². The van der Waals surface area contributed by atoms with Gasteiger partial charge >= 0.3 is 5.97 Å². The lowest BCUT2D eigenvalue weighted by atomic mass is 10.1. The number of imidazole rings is 1. The number of rotatable bonds is 6. The van der Waals surface area contributed by atoms with Crippen LogP contribution in [0, 0.1) is 0 Å². The van der Waals surface area contributed by atoms with Crippen LogP contribution >= 0.6 is 12.4 Å². The Balaban J connectivity index is 0.00000243. The maximum atomic E-state index is 11.5. The van der Waals surface area contributed by atoms with Crippen molar-refractivity contribution in [2.45, 2.75) is 20.4 Å². The fourth-order valence-electron chi connectivity index (χ4n) is 2.80. The summed E-state index contributed by atoms with van der Waals surface area (Å²) in [4.78, 5) is 27.0. The molecule has 0 spiro atoms. The summed E-state index contributed by atoms with van der Waals surface area (Å²) in [6.07, 6.45) is 3.36. The number of esters is 1. The van der Waals surface area contributed by atoms with Crippen LogP contribution in [-0.2, 0) is 11.3 Å². The summed E-state index contributed by atoms with van der Waals surface area (Å²) in [6, 6.07) is 7.34. The van der Waals surface area contributed by atoms with Gasteiger partial charge in [0.2, 0.25) is 0 Å². The molecule has 0 aliphatic heterocycles. The molecule has 0 unspecified atom stereocenters. The van der Waals surface area contributed by atoms with Crippen LogP contribution in [0.3, 0.4) is 0 Å². The van der Waals surface area contributed by atoms with Crippen molar-refractivity contribution in [2.24, 2.45) is 0 Å². The maximum Gasteiger partial charge on any atom is 0.337 e. The molecule has 3 aromatic rings. The molecule has 1 aromatic carbocycles. The average Bonchev–Trinajstić information content (AvgIpc) is 3.06. The number of hydrogen-bond acceptors (Lipinski definition) is 6. The molecular weight excluding hydrogens is 354 g/mol. The van der Waals surface area contributed by atoms with Crippen LogP contribution in [0.25, 0.3) is 11.2 Å². The highest BCUT2D eigenvalue weighted by Gasteiger charge is 2.14. The highest BCUT2D eigenvalue weighted by atomic mass is 35.5. The van der Waals surface area contributed by atoms with E-state index < -0.39 is 0 Å². The molecule has 7 nitrogen and oxygen atoms in total. The Labute approximate surface area is 158 Å². The van der Waals surface area contributed by atoms with Gasteiger partial charge in [-0.3, -0.25) is 0 Å². The fourth-order valence-corrected chi connectivity index (χ4v) is 2.80. The third-order valence-electron chi connectivity index (χ3n) is 4.17. The first kappa shape index (κ1) is 19.7. The first-order chi connectivity index (χ1) is 12.2. The third-order valence-corrected chi connectivity index (χ3v) is 4.17. The van der Waals surface area contributed by atoms with E-state index in [0.29, 0.717) is 12.1 Å². The Morgan fingerprint density at radius 2 is 1.81 bits per heavy atom. The number of aromatic nitrogens is 4. The molecule has 26 heavy (non-hydrogen) atoms. The number of hydrogen-bond donors (Lipinski definition) is 0. The summed E-state index contributed by atoms with van der Waals surface area (Å²) in [5.41, 5.74) is 3.19. The second-order valence-electron chi connectivity index (χ2n) is 5.60. The highest BCUT2D eigenvalue weighted by molar-refractivity contribution is 5.89. The van der Waals surface area contributed by atoms with Gasteiger partial charge < -0.3 is 14.2 Å². The molecule has 0 bridgehead atoms. The normalized spacial score (nSPS) is 10.4. The Morgan fingerprint density at radius 3 is 2.42 bits per heavy atom. The van der Waals surface area contributed by atoms with Crippen molar-refractivity contribution < 1.29 is 9.53 Å². The van der Waals surface area contributed by atoms with E-state index in [1.807, 2.05) is 16.7 Å². The van der Waals surface area contributed by atoms with Crippen molar-refractivity contribution >= 4 is 35.4 Å². The van der Waals surface area contributed by atoms with Crippen molar-refractivity contribution in [2.75, 3.05) is 25.1 Å². The molecule has 0 N–H and O–H groups in total. The summed E-state index contributed by atoms with van der Waals surface area (Å²) in [7, 11) is 1.38. The van der Waals surface area contributed by atoms with Crippen LogP contribution in [0.5, 0.6) is 0 Å². The molecule has 8 heteroatoms. The van der Waals surface area contributed by atoms with Crippen molar-refractivity contribution in [3.63, 3.8) is 0 Å². The zero-order valence-corrected chi connectivity index (χ0v) is 15.9. The lowest BCUT2D eigenvalue weighted by molar-refractivity contribution is 0.0600. The Kier molecular flexibility index (Phi) is 6.52.